The zero-order valence-corrected chi connectivity index (χ0v) is 11.5. The molecule has 19 heavy (non-hydrogen) atoms. The van der Waals surface area contributed by atoms with Crippen LogP contribution in [0.25, 0.3) is 0 Å². The summed E-state index contributed by atoms with van der Waals surface area (Å²) >= 11 is 12.2. The summed E-state index contributed by atoms with van der Waals surface area (Å²) in [6, 6.07) is 14.3. The maximum absolute atomic E-state index is 11.4. The molecule has 0 aliphatic heterocycles. The number of carboxylic acids is 1. The number of halogens is 2. The standard InChI is InChI=1S/C15H12Cl2O2/c16-13-7-4-8-14(17)12(13)9-11(15(18)19)10-5-2-1-3-6-10/h1-8,11H,9H2,(H,18,19). The van der Waals surface area contributed by atoms with E-state index in [0.717, 1.165) is 5.56 Å². The molecule has 0 heterocycles. The lowest BCUT2D eigenvalue weighted by Gasteiger charge is -2.14. The molecule has 0 fully saturated rings. The SMILES string of the molecule is O=C(O)C(Cc1c(Cl)cccc1Cl)c1ccccc1. The van der Waals surface area contributed by atoms with Crippen molar-refractivity contribution in [1.29, 1.82) is 0 Å². The Morgan fingerprint density at radius 2 is 1.58 bits per heavy atom. The molecule has 2 nitrogen and oxygen atoms in total. The fraction of sp³-hybridized carbons (Fsp3) is 0.133. The summed E-state index contributed by atoms with van der Waals surface area (Å²) in [7, 11) is 0. The number of rotatable bonds is 4. The maximum Gasteiger partial charge on any atom is 0.311 e. The zero-order chi connectivity index (χ0) is 13.8. The third kappa shape index (κ3) is 3.28. The van der Waals surface area contributed by atoms with E-state index in [-0.39, 0.29) is 6.42 Å². The fourth-order valence-corrected chi connectivity index (χ4v) is 2.52. The summed E-state index contributed by atoms with van der Waals surface area (Å²) < 4.78 is 0. The van der Waals surface area contributed by atoms with E-state index in [9.17, 15) is 9.90 Å². The first kappa shape index (κ1) is 13.9. The lowest BCUT2D eigenvalue weighted by Crippen LogP contribution is -2.14. The fourth-order valence-electron chi connectivity index (χ4n) is 1.96. The topological polar surface area (TPSA) is 37.3 Å². The molecule has 1 atom stereocenters. The molecule has 2 aromatic carbocycles. The van der Waals surface area contributed by atoms with Crippen LogP contribution in [0.5, 0.6) is 0 Å². The lowest BCUT2D eigenvalue weighted by atomic mass is 9.92. The Morgan fingerprint density at radius 3 is 2.11 bits per heavy atom. The predicted molar refractivity (Wildman–Crippen MR) is 77.0 cm³/mol. The number of benzene rings is 2. The minimum atomic E-state index is -0.887. The molecule has 0 aromatic heterocycles. The van der Waals surface area contributed by atoms with Crippen molar-refractivity contribution < 1.29 is 9.90 Å². The van der Waals surface area contributed by atoms with Gasteiger partial charge in [0.2, 0.25) is 0 Å². The van der Waals surface area contributed by atoms with Gasteiger partial charge in [-0.2, -0.15) is 0 Å². The van der Waals surface area contributed by atoms with Crippen molar-refractivity contribution in [3.05, 3.63) is 69.7 Å². The molecule has 4 heteroatoms. The molecule has 0 aliphatic carbocycles. The summed E-state index contributed by atoms with van der Waals surface area (Å²) in [5.74, 6) is -1.54. The zero-order valence-electron chi connectivity index (χ0n) is 10.0. The molecule has 0 aliphatic rings. The van der Waals surface area contributed by atoms with Gasteiger partial charge in [0.1, 0.15) is 0 Å². The lowest BCUT2D eigenvalue weighted by molar-refractivity contribution is -0.138. The first-order valence-corrected chi connectivity index (χ1v) is 6.56. The smallest absolute Gasteiger partial charge is 0.311 e. The van der Waals surface area contributed by atoms with Gasteiger partial charge in [0.25, 0.3) is 0 Å². The third-order valence-electron chi connectivity index (χ3n) is 2.97. The van der Waals surface area contributed by atoms with Gasteiger partial charge in [-0.05, 0) is 29.7 Å². The molecule has 98 valence electrons. The molecule has 0 saturated carbocycles. The molecule has 0 saturated heterocycles. The van der Waals surface area contributed by atoms with Crippen LogP contribution in [0.4, 0.5) is 0 Å². The quantitative estimate of drug-likeness (QED) is 0.907. The van der Waals surface area contributed by atoms with E-state index in [4.69, 9.17) is 23.2 Å². The van der Waals surface area contributed by atoms with E-state index in [1.807, 2.05) is 18.2 Å². The molecular formula is C15H12Cl2O2. The van der Waals surface area contributed by atoms with E-state index in [1.54, 1.807) is 30.3 Å². The Morgan fingerprint density at radius 1 is 1.00 bits per heavy atom. The minimum Gasteiger partial charge on any atom is -0.481 e. The van der Waals surface area contributed by atoms with Gasteiger partial charge >= 0.3 is 5.97 Å². The van der Waals surface area contributed by atoms with Gasteiger partial charge in [-0.25, -0.2) is 0 Å². The van der Waals surface area contributed by atoms with Crippen LogP contribution < -0.4 is 0 Å². The van der Waals surface area contributed by atoms with Crippen LogP contribution in [0.15, 0.2) is 48.5 Å². The van der Waals surface area contributed by atoms with Gasteiger partial charge in [-0.15, -0.1) is 0 Å². The van der Waals surface area contributed by atoms with Gasteiger partial charge in [-0.3, -0.25) is 4.79 Å². The van der Waals surface area contributed by atoms with Crippen molar-refractivity contribution in [2.24, 2.45) is 0 Å². The largest absolute Gasteiger partial charge is 0.481 e. The average molecular weight is 295 g/mol. The van der Waals surface area contributed by atoms with Crippen LogP contribution in [0.3, 0.4) is 0 Å². The van der Waals surface area contributed by atoms with Gasteiger partial charge in [0.15, 0.2) is 0 Å². The van der Waals surface area contributed by atoms with Crippen LogP contribution >= 0.6 is 23.2 Å². The highest BCUT2D eigenvalue weighted by molar-refractivity contribution is 6.36. The van der Waals surface area contributed by atoms with E-state index in [1.165, 1.54) is 0 Å². The third-order valence-corrected chi connectivity index (χ3v) is 3.68. The van der Waals surface area contributed by atoms with Gasteiger partial charge in [0.05, 0.1) is 5.92 Å². The van der Waals surface area contributed by atoms with Crippen molar-refractivity contribution in [2.75, 3.05) is 0 Å². The number of carboxylic acid groups (broad SMARTS) is 1. The Hall–Kier alpha value is -1.51. The number of carbonyl (C=O) groups is 1. The molecule has 0 amide bonds. The molecule has 1 N–H and O–H groups in total. The number of hydrogen-bond donors (Lipinski definition) is 1. The van der Waals surface area contributed by atoms with Crippen LogP contribution in [-0.2, 0) is 11.2 Å². The van der Waals surface area contributed by atoms with E-state index in [2.05, 4.69) is 0 Å². The van der Waals surface area contributed by atoms with Crippen molar-refractivity contribution >= 4 is 29.2 Å². The summed E-state index contributed by atoms with van der Waals surface area (Å²) in [5.41, 5.74) is 1.41. The van der Waals surface area contributed by atoms with E-state index < -0.39 is 11.9 Å². The van der Waals surface area contributed by atoms with E-state index in [0.29, 0.717) is 15.6 Å². The van der Waals surface area contributed by atoms with Gasteiger partial charge < -0.3 is 5.11 Å². The highest BCUT2D eigenvalue weighted by atomic mass is 35.5. The van der Waals surface area contributed by atoms with Gasteiger partial charge in [0, 0.05) is 10.0 Å². The summed E-state index contributed by atoms with van der Waals surface area (Å²) in [4.78, 5) is 11.4. The number of hydrogen-bond acceptors (Lipinski definition) is 1. The van der Waals surface area contributed by atoms with Crippen molar-refractivity contribution in [1.82, 2.24) is 0 Å². The van der Waals surface area contributed by atoms with Gasteiger partial charge in [-0.1, -0.05) is 59.6 Å². The molecule has 0 spiro atoms. The molecule has 2 aromatic rings. The molecule has 2 rings (SSSR count). The average Bonchev–Trinajstić information content (AvgIpc) is 2.39. The first-order chi connectivity index (χ1) is 9.09. The minimum absolute atomic E-state index is 0.276. The van der Waals surface area contributed by atoms with Crippen LogP contribution in [0.2, 0.25) is 10.0 Å². The predicted octanol–water partition coefficient (Wildman–Crippen LogP) is 4.40. The van der Waals surface area contributed by atoms with Crippen LogP contribution in [0, 0.1) is 0 Å². The summed E-state index contributed by atoms with van der Waals surface area (Å²) in [5, 5.41) is 10.4. The first-order valence-electron chi connectivity index (χ1n) is 5.80. The highest BCUT2D eigenvalue weighted by Crippen LogP contribution is 2.30. The Kier molecular flexibility index (Phi) is 4.46. The van der Waals surface area contributed by atoms with Crippen molar-refractivity contribution in [3.8, 4) is 0 Å². The second-order valence-corrected chi connectivity index (χ2v) is 5.02. The maximum atomic E-state index is 11.4. The second-order valence-electron chi connectivity index (χ2n) is 4.21. The Labute approximate surface area is 121 Å². The van der Waals surface area contributed by atoms with E-state index >= 15 is 0 Å². The monoisotopic (exact) mass is 294 g/mol. The summed E-state index contributed by atoms with van der Waals surface area (Å²) in [6.45, 7) is 0. The summed E-state index contributed by atoms with van der Waals surface area (Å²) in [6.07, 6.45) is 0.276. The van der Waals surface area contributed by atoms with Crippen molar-refractivity contribution in [2.45, 2.75) is 12.3 Å². The Balaban J connectivity index is 2.35. The highest BCUT2D eigenvalue weighted by Gasteiger charge is 2.22. The molecular weight excluding hydrogens is 283 g/mol. The second kappa shape index (κ2) is 6.09. The molecule has 1 unspecified atom stereocenters. The normalized spacial score (nSPS) is 12.1. The van der Waals surface area contributed by atoms with Crippen molar-refractivity contribution in [3.63, 3.8) is 0 Å². The molecule has 0 radical (unpaired) electrons. The van der Waals surface area contributed by atoms with Crippen LogP contribution in [-0.4, -0.2) is 11.1 Å². The molecule has 0 bridgehead atoms. The Bertz CT molecular complexity index is 562. The van der Waals surface area contributed by atoms with Crippen LogP contribution in [0.1, 0.15) is 17.0 Å². The number of aliphatic carboxylic acids is 1.